The number of aromatic amines is 1. The first-order valence-electron chi connectivity index (χ1n) is 12.8. The number of carbonyl (C=O) groups is 2. The first-order chi connectivity index (χ1) is 18.4. The van der Waals surface area contributed by atoms with E-state index in [1.54, 1.807) is 19.2 Å². The molecule has 3 aromatic rings. The van der Waals surface area contributed by atoms with Gasteiger partial charge >= 0.3 is 0 Å². The standard InChI is InChI=1S/C32H34N4O2/c1-4-31(37)30(33)10-6-5-9-27-17-18-29(32(38)34-19-7-8-25-21-35-36-22-25)20-28(27)16-13-24-11-14-26(15-12-24)23(2)3/h5,9,11-12,14-15,17-18,20-22,33H,2,4,6-8,10,19H2,1,3H3,(H,34,38)(H,35,36)/b9-5+,33-30?. The summed E-state index contributed by atoms with van der Waals surface area (Å²) in [4.78, 5) is 24.5. The molecule has 3 N–H and O–H groups in total. The molecule has 0 bridgehead atoms. The van der Waals surface area contributed by atoms with Gasteiger partial charge in [-0.25, -0.2) is 0 Å². The van der Waals surface area contributed by atoms with Crippen molar-refractivity contribution in [2.75, 3.05) is 6.54 Å². The third-order valence-electron chi connectivity index (χ3n) is 6.03. The fourth-order valence-electron chi connectivity index (χ4n) is 3.73. The molecule has 1 aromatic heterocycles. The Morgan fingerprint density at radius 1 is 1.13 bits per heavy atom. The van der Waals surface area contributed by atoms with Gasteiger partial charge in [-0.2, -0.15) is 5.10 Å². The van der Waals surface area contributed by atoms with Crippen LogP contribution in [0.4, 0.5) is 0 Å². The van der Waals surface area contributed by atoms with Crippen LogP contribution in [0.2, 0.25) is 0 Å². The van der Waals surface area contributed by atoms with Gasteiger partial charge in [0.15, 0.2) is 5.78 Å². The van der Waals surface area contributed by atoms with Crippen LogP contribution in [0.15, 0.2) is 67.5 Å². The Kier molecular flexibility index (Phi) is 10.6. The second kappa shape index (κ2) is 14.3. The Morgan fingerprint density at radius 3 is 2.58 bits per heavy atom. The number of nitrogens with one attached hydrogen (secondary N) is 3. The number of nitrogens with zero attached hydrogens (tertiary/aromatic N) is 1. The molecule has 0 saturated heterocycles. The molecule has 6 nitrogen and oxygen atoms in total. The molecule has 1 amide bonds. The summed E-state index contributed by atoms with van der Waals surface area (Å²) in [5.41, 5.74) is 6.34. The number of hydrogen-bond donors (Lipinski definition) is 3. The van der Waals surface area contributed by atoms with E-state index in [9.17, 15) is 9.59 Å². The zero-order valence-electron chi connectivity index (χ0n) is 22.1. The van der Waals surface area contributed by atoms with Crippen LogP contribution in [0.1, 0.15) is 77.7 Å². The van der Waals surface area contributed by atoms with Crippen molar-refractivity contribution in [1.82, 2.24) is 15.5 Å². The largest absolute Gasteiger partial charge is 0.352 e. The number of carbonyl (C=O) groups excluding carboxylic acids is 2. The molecule has 0 saturated carbocycles. The topological polar surface area (TPSA) is 98.7 Å². The molecular formula is C32H34N4O2. The fraction of sp³-hybridized carbons (Fsp3) is 0.250. The van der Waals surface area contributed by atoms with Crippen molar-refractivity contribution in [3.8, 4) is 11.8 Å². The summed E-state index contributed by atoms with van der Waals surface area (Å²) in [7, 11) is 0. The molecule has 1 heterocycles. The summed E-state index contributed by atoms with van der Waals surface area (Å²) in [6, 6.07) is 13.4. The highest BCUT2D eigenvalue weighted by atomic mass is 16.1. The normalized spacial score (nSPS) is 10.6. The van der Waals surface area contributed by atoms with Crippen LogP contribution in [0.25, 0.3) is 11.6 Å². The Balaban J connectivity index is 1.75. The number of H-pyrrole nitrogens is 1. The highest BCUT2D eigenvalue weighted by molar-refractivity contribution is 6.38. The van der Waals surface area contributed by atoms with E-state index in [0.29, 0.717) is 31.4 Å². The molecule has 0 atom stereocenters. The number of benzene rings is 2. The van der Waals surface area contributed by atoms with Gasteiger partial charge in [0.2, 0.25) is 0 Å². The number of aromatic nitrogens is 2. The minimum absolute atomic E-state index is 0.122. The van der Waals surface area contributed by atoms with E-state index in [1.165, 1.54) is 0 Å². The number of Topliss-reactive ketones (excluding diaryl/α,β-unsaturated/α-hetero) is 1. The summed E-state index contributed by atoms with van der Waals surface area (Å²) < 4.78 is 0. The molecule has 0 fully saturated rings. The van der Waals surface area contributed by atoms with E-state index in [4.69, 9.17) is 5.41 Å². The smallest absolute Gasteiger partial charge is 0.251 e. The van der Waals surface area contributed by atoms with Gasteiger partial charge in [0.25, 0.3) is 5.91 Å². The van der Waals surface area contributed by atoms with Crippen molar-refractivity contribution in [2.45, 2.75) is 46.0 Å². The maximum atomic E-state index is 12.8. The van der Waals surface area contributed by atoms with E-state index in [-0.39, 0.29) is 17.4 Å². The van der Waals surface area contributed by atoms with E-state index >= 15 is 0 Å². The molecule has 0 aliphatic rings. The van der Waals surface area contributed by atoms with Gasteiger partial charge in [0.1, 0.15) is 0 Å². The zero-order chi connectivity index (χ0) is 27.3. The maximum absolute atomic E-state index is 12.8. The zero-order valence-corrected chi connectivity index (χ0v) is 22.1. The summed E-state index contributed by atoms with van der Waals surface area (Å²) in [6.45, 7) is 8.26. The molecule has 0 radical (unpaired) electrons. The van der Waals surface area contributed by atoms with Crippen LogP contribution in [0.3, 0.4) is 0 Å². The third-order valence-corrected chi connectivity index (χ3v) is 6.03. The van der Waals surface area contributed by atoms with Crippen LogP contribution in [0, 0.1) is 17.3 Å². The van der Waals surface area contributed by atoms with Gasteiger partial charge in [0, 0.05) is 35.9 Å². The van der Waals surface area contributed by atoms with E-state index < -0.39 is 0 Å². The summed E-state index contributed by atoms with van der Waals surface area (Å²) in [5.74, 6) is 6.16. The minimum atomic E-state index is -0.145. The van der Waals surface area contributed by atoms with Gasteiger partial charge in [-0.15, -0.1) is 0 Å². The van der Waals surface area contributed by atoms with Crippen molar-refractivity contribution in [2.24, 2.45) is 0 Å². The van der Waals surface area contributed by atoms with Crippen molar-refractivity contribution in [3.63, 3.8) is 0 Å². The highest BCUT2D eigenvalue weighted by Crippen LogP contribution is 2.16. The molecule has 0 spiro atoms. The van der Waals surface area contributed by atoms with Crippen LogP contribution >= 0.6 is 0 Å². The minimum Gasteiger partial charge on any atom is -0.352 e. The SMILES string of the molecule is C=C(C)c1ccc(C#Cc2cc(C(=O)NCCCc3cn[nH]c3)ccc2/C=C/CCC(=N)C(=O)CC)cc1. The Labute approximate surface area is 224 Å². The number of amides is 1. The van der Waals surface area contributed by atoms with Gasteiger partial charge in [0.05, 0.1) is 11.9 Å². The number of rotatable bonds is 12. The highest BCUT2D eigenvalue weighted by Gasteiger charge is 2.09. The van der Waals surface area contributed by atoms with Crippen LogP contribution in [-0.2, 0) is 11.2 Å². The average Bonchev–Trinajstić information content (AvgIpc) is 3.45. The lowest BCUT2D eigenvalue weighted by Gasteiger charge is -2.07. The summed E-state index contributed by atoms with van der Waals surface area (Å²) in [6.07, 6.45) is 10.5. The summed E-state index contributed by atoms with van der Waals surface area (Å²) >= 11 is 0. The first kappa shape index (κ1) is 28.1. The van der Waals surface area contributed by atoms with E-state index in [1.807, 2.05) is 61.7 Å². The number of allylic oxidation sites excluding steroid dienone is 2. The van der Waals surface area contributed by atoms with E-state index in [0.717, 1.165) is 46.2 Å². The average molecular weight is 507 g/mol. The molecule has 0 unspecified atom stereocenters. The van der Waals surface area contributed by atoms with Crippen molar-refractivity contribution in [3.05, 3.63) is 101 Å². The first-order valence-corrected chi connectivity index (χ1v) is 12.8. The lowest BCUT2D eigenvalue weighted by molar-refractivity contribution is -0.112. The Hall–Kier alpha value is -4.50. The van der Waals surface area contributed by atoms with Crippen molar-refractivity contribution in [1.29, 1.82) is 5.41 Å². The summed E-state index contributed by atoms with van der Waals surface area (Å²) in [5, 5.41) is 17.6. The van der Waals surface area contributed by atoms with Crippen LogP contribution < -0.4 is 5.32 Å². The van der Waals surface area contributed by atoms with Crippen LogP contribution in [0.5, 0.6) is 0 Å². The van der Waals surface area contributed by atoms with Gasteiger partial charge in [-0.05, 0) is 73.6 Å². The van der Waals surface area contributed by atoms with Gasteiger partial charge in [-0.3, -0.25) is 14.7 Å². The molecule has 6 heteroatoms. The quantitative estimate of drug-likeness (QED) is 0.160. The lowest BCUT2D eigenvalue weighted by Crippen LogP contribution is -2.24. The molecule has 0 aliphatic heterocycles. The lowest BCUT2D eigenvalue weighted by atomic mass is 10.0. The predicted octanol–water partition coefficient (Wildman–Crippen LogP) is 6.00. The third kappa shape index (κ3) is 8.56. The fourth-order valence-corrected chi connectivity index (χ4v) is 3.73. The van der Waals surface area contributed by atoms with Gasteiger partial charge in [-0.1, -0.05) is 61.3 Å². The molecular weight excluding hydrogens is 472 g/mol. The Bertz CT molecular complexity index is 1370. The van der Waals surface area contributed by atoms with Gasteiger partial charge < -0.3 is 10.7 Å². The molecule has 194 valence electrons. The van der Waals surface area contributed by atoms with Crippen molar-refractivity contribution < 1.29 is 9.59 Å². The second-order valence-corrected chi connectivity index (χ2v) is 9.07. The Morgan fingerprint density at radius 2 is 1.89 bits per heavy atom. The molecule has 0 aliphatic carbocycles. The predicted molar refractivity (Wildman–Crippen MR) is 154 cm³/mol. The molecule has 2 aromatic carbocycles. The monoisotopic (exact) mass is 506 g/mol. The number of aryl methyl sites for hydroxylation is 1. The van der Waals surface area contributed by atoms with Crippen LogP contribution in [-0.4, -0.2) is 34.1 Å². The van der Waals surface area contributed by atoms with Crippen molar-refractivity contribution >= 4 is 29.1 Å². The van der Waals surface area contributed by atoms with E-state index in [2.05, 4.69) is 33.9 Å². The number of hydrogen-bond acceptors (Lipinski definition) is 4. The molecule has 3 rings (SSSR count). The maximum Gasteiger partial charge on any atom is 0.251 e. The second-order valence-electron chi connectivity index (χ2n) is 9.07. The number of ketones is 1. The molecule has 38 heavy (non-hydrogen) atoms.